The van der Waals surface area contributed by atoms with E-state index in [4.69, 9.17) is 4.74 Å². The molecule has 0 unspecified atom stereocenters. The Hall–Kier alpha value is -1.40. The van der Waals surface area contributed by atoms with Gasteiger partial charge in [-0.25, -0.2) is 8.78 Å². The maximum absolute atomic E-state index is 13.6. The molecule has 0 aliphatic carbocycles. The van der Waals surface area contributed by atoms with Gasteiger partial charge in [0, 0.05) is 19.5 Å². The van der Waals surface area contributed by atoms with Crippen molar-refractivity contribution in [3.8, 4) is 5.75 Å². The van der Waals surface area contributed by atoms with Crippen LogP contribution in [0.4, 0.5) is 8.78 Å². The van der Waals surface area contributed by atoms with E-state index >= 15 is 0 Å². The summed E-state index contributed by atoms with van der Waals surface area (Å²) in [6.07, 6.45) is -0.794. The molecule has 7 heteroatoms. The van der Waals surface area contributed by atoms with Gasteiger partial charge in [-0.1, -0.05) is 6.07 Å². The fourth-order valence-electron chi connectivity index (χ4n) is 2.13. The van der Waals surface area contributed by atoms with Crippen LogP contribution < -0.4 is 15.4 Å². The van der Waals surface area contributed by atoms with E-state index in [0.29, 0.717) is 12.2 Å². The van der Waals surface area contributed by atoms with E-state index in [1.54, 1.807) is 13.0 Å². The van der Waals surface area contributed by atoms with Crippen LogP contribution in [-0.4, -0.2) is 31.3 Å². The van der Waals surface area contributed by atoms with Gasteiger partial charge in [0.05, 0.1) is 12.6 Å². The van der Waals surface area contributed by atoms with Crippen molar-refractivity contribution in [2.24, 2.45) is 0 Å². The topological polar surface area (TPSA) is 50.4 Å². The van der Waals surface area contributed by atoms with Crippen LogP contribution in [0.2, 0.25) is 0 Å². The molecule has 1 aromatic carbocycles. The van der Waals surface area contributed by atoms with Gasteiger partial charge in [0.15, 0.2) is 11.6 Å². The van der Waals surface area contributed by atoms with Gasteiger partial charge < -0.3 is 15.4 Å². The second-order valence-corrected chi connectivity index (χ2v) is 4.71. The van der Waals surface area contributed by atoms with E-state index < -0.39 is 18.0 Å². The van der Waals surface area contributed by atoms with Crippen molar-refractivity contribution < 1.29 is 18.3 Å². The summed E-state index contributed by atoms with van der Waals surface area (Å²) in [5.41, 5.74) is 0.633. The Balaban J connectivity index is 0.00000220. The first-order valence-electron chi connectivity index (χ1n) is 6.66. The highest BCUT2D eigenvalue weighted by atomic mass is 35.5. The zero-order valence-electron chi connectivity index (χ0n) is 11.7. The Morgan fingerprint density at radius 3 is 2.86 bits per heavy atom. The number of benzene rings is 1. The fourth-order valence-corrected chi connectivity index (χ4v) is 2.13. The molecular formula is C14H19ClF2N2O2. The Morgan fingerprint density at radius 2 is 2.29 bits per heavy atom. The third-order valence-corrected chi connectivity index (χ3v) is 3.16. The van der Waals surface area contributed by atoms with Gasteiger partial charge in [0.2, 0.25) is 5.91 Å². The first-order valence-corrected chi connectivity index (χ1v) is 6.66. The number of amides is 1. The van der Waals surface area contributed by atoms with Crippen molar-refractivity contribution >= 4 is 18.3 Å². The second kappa shape index (κ2) is 8.14. The quantitative estimate of drug-likeness (QED) is 0.872. The lowest BCUT2D eigenvalue weighted by Crippen LogP contribution is -2.40. The van der Waals surface area contributed by atoms with Crippen molar-refractivity contribution in [3.63, 3.8) is 0 Å². The number of carbonyl (C=O) groups excluding carboxylic acids is 1. The van der Waals surface area contributed by atoms with E-state index in [1.165, 1.54) is 12.1 Å². The Morgan fingerprint density at radius 1 is 1.52 bits per heavy atom. The second-order valence-electron chi connectivity index (χ2n) is 4.71. The minimum absolute atomic E-state index is 0. The smallest absolute Gasteiger partial charge is 0.237 e. The van der Waals surface area contributed by atoms with Crippen LogP contribution in [0.5, 0.6) is 5.75 Å². The third-order valence-electron chi connectivity index (χ3n) is 3.16. The Labute approximate surface area is 128 Å². The molecule has 2 atom stereocenters. The van der Waals surface area contributed by atoms with Crippen LogP contribution in [0.15, 0.2) is 18.2 Å². The van der Waals surface area contributed by atoms with Crippen molar-refractivity contribution in [2.75, 3.05) is 13.2 Å². The summed E-state index contributed by atoms with van der Waals surface area (Å²) in [5, 5.41) is 5.46. The first kappa shape index (κ1) is 17.7. The predicted molar refractivity (Wildman–Crippen MR) is 78.0 cm³/mol. The summed E-state index contributed by atoms with van der Waals surface area (Å²) < 4.78 is 31.7. The monoisotopic (exact) mass is 320 g/mol. The van der Waals surface area contributed by atoms with Crippen LogP contribution in [0.1, 0.15) is 18.9 Å². The molecule has 1 aromatic rings. The number of hydrogen-bond acceptors (Lipinski definition) is 3. The van der Waals surface area contributed by atoms with Gasteiger partial charge in [-0.15, -0.1) is 12.4 Å². The SMILES string of the molecule is CCOc1ccc(CNC(=O)[C@H]2C[C@H](F)CN2)cc1F.Cl. The van der Waals surface area contributed by atoms with Crippen LogP contribution in [0, 0.1) is 5.82 Å². The molecule has 0 spiro atoms. The number of hydrogen-bond donors (Lipinski definition) is 2. The third kappa shape index (κ3) is 4.82. The molecular weight excluding hydrogens is 302 g/mol. The number of rotatable bonds is 5. The molecule has 1 aliphatic heterocycles. The minimum Gasteiger partial charge on any atom is -0.491 e. The molecule has 1 heterocycles. The van der Waals surface area contributed by atoms with Crippen LogP contribution in [-0.2, 0) is 11.3 Å². The summed E-state index contributed by atoms with van der Waals surface area (Å²) in [6, 6.07) is 4.04. The molecule has 118 valence electrons. The van der Waals surface area contributed by atoms with Crippen LogP contribution >= 0.6 is 12.4 Å². The van der Waals surface area contributed by atoms with E-state index in [-0.39, 0.29) is 43.6 Å². The summed E-state index contributed by atoms with van der Waals surface area (Å²) >= 11 is 0. The molecule has 0 saturated carbocycles. The lowest BCUT2D eigenvalue weighted by molar-refractivity contribution is -0.123. The molecule has 0 aromatic heterocycles. The number of nitrogens with one attached hydrogen (secondary N) is 2. The van der Waals surface area contributed by atoms with Crippen LogP contribution in [0.3, 0.4) is 0 Å². The zero-order valence-corrected chi connectivity index (χ0v) is 12.5. The zero-order chi connectivity index (χ0) is 14.5. The highest BCUT2D eigenvalue weighted by Gasteiger charge is 2.28. The van der Waals surface area contributed by atoms with Gasteiger partial charge in [-0.3, -0.25) is 4.79 Å². The molecule has 0 bridgehead atoms. The van der Waals surface area contributed by atoms with E-state index in [0.717, 1.165) is 0 Å². The molecule has 1 amide bonds. The van der Waals surface area contributed by atoms with Gasteiger partial charge in [0.25, 0.3) is 0 Å². The summed E-state index contributed by atoms with van der Waals surface area (Å²) in [4.78, 5) is 11.8. The van der Waals surface area contributed by atoms with Gasteiger partial charge >= 0.3 is 0 Å². The largest absolute Gasteiger partial charge is 0.491 e. The number of ether oxygens (including phenoxy) is 1. The predicted octanol–water partition coefficient (Wildman–Crippen LogP) is 1.96. The van der Waals surface area contributed by atoms with Gasteiger partial charge in [0.1, 0.15) is 6.17 Å². The number of carbonyl (C=O) groups is 1. The molecule has 2 rings (SSSR count). The van der Waals surface area contributed by atoms with Crippen molar-refractivity contribution in [2.45, 2.75) is 32.1 Å². The summed E-state index contributed by atoms with van der Waals surface area (Å²) in [5.74, 6) is -0.527. The normalized spacial score (nSPS) is 20.7. The lowest BCUT2D eigenvalue weighted by Gasteiger charge is -2.11. The van der Waals surface area contributed by atoms with Crippen molar-refractivity contribution in [1.29, 1.82) is 0 Å². The average molecular weight is 321 g/mol. The Bertz CT molecular complexity index is 488. The standard InChI is InChI=1S/C14H18F2N2O2.ClH/c1-2-20-13-4-3-9(5-11(13)16)7-18-14(19)12-6-10(15)8-17-12;/h3-5,10,12,17H,2,6-8H2,1H3,(H,18,19);1H/t10-,12+;/m0./s1. The highest BCUT2D eigenvalue weighted by molar-refractivity contribution is 5.85. The average Bonchev–Trinajstić information content (AvgIpc) is 2.86. The maximum Gasteiger partial charge on any atom is 0.237 e. The number of halogens is 3. The maximum atomic E-state index is 13.6. The van der Waals surface area contributed by atoms with E-state index in [2.05, 4.69) is 10.6 Å². The van der Waals surface area contributed by atoms with E-state index in [9.17, 15) is 13.6 Å². The van der Waals surface area contributed by atoms with E-state index in [1.807, 2.05) is 0 Å². The molecule has 0 radical (unpaired) electrons. The summed E-state index contributed by atoms with van der Waals surface area (Å²) in [7, 11) is 0. The molecule has 4 nitrogen and oxygen atoms in total. The van der Waals surface area contributed by atoms with Gasteiger partial charge in [-0.2, -0.15) is 0 Å². The summed E-state index contributed by atoms with van der Waals surface area (Å²) in [6.45, 7) is 2.58. The van der Waals surface area contributed by atoms with Gasteiger partial charge in [-0.05, 0) is 24.6 Å². The Kier molecular flexibility index (Phi) is 6.84. The first-order chi connectivity index (χ1) is 9.60. The van der Waals surface area contributed by atoms with Crippen molar-refractivity contribution in [1.82, 2.24) is 10.6 Å². The molecule has 1 saturated heterocycles. The number of alkyl halides is 1. The highest BCUT2D eigenvalue weighted by Crippen LogP contribution is 2.18. The lowest BCUT2D eigenvalue weighted by atomic mass is 10.1. The minimum atomic E-state index is -0.978. The fraction of sp³-hybridized carbons (Fsp3) is 0.500. The molecule has 21 heavy (non-hydrogen) atoms. The van der Waals surface area contributed by atoms with Crippen LogP contribution in [0.25, 0.3) is 0 Å². The van der Waals surface area contributed by atoms with Crippen molar-refractivity contribution in [3.05, 3.63) is 29.6 Å². The molecule has 1 fully saturated rings. The molecule has 2 N–H and O–H groups in total. The molecule has 1 aliphatic rings.